The van der Waals surface area contributed by atoms with Crippen LogP contribution in [0.3, 0.4) is 0 Å². The van der Waals surface area contributed by atoms with Crippen LogP contribution in [-0.4, -0.2) is 51.4 Å². The molecule has 1 aliphatic heterocycles. The lowest BCUT2D eigenvalue weighted by molar-refractivity contribution is 0.0706. The fraction of sp³-hybridized carbons (Fsp3) is 0.409. The van der Waals surface area contributed by atoms with Gasteiger partial charge in [0.05, 0.1) is 24.9 Å². The van der Waals surface area contributed by atoms with Gasteiger partial charge in [0.2, 0.25) is 0 Å². The highest BCUT2D eigenvalue weighted by atomic mass is 16.5. The Labute approximate surface area is 164 Å². The second-order valence-corrected chi connectivity index (χ2v) is 7.84. The van der Waals surface area contributed by atoms with E-state index in [1.807, 2.05) is 33.8 Å². The summed E-state index contributed by atoms with van der Waals surface area (Å²) in [4.78, 5) is 19.8. The van der Waals surface area contributed by atoms with Gasteiger partial charge in [-0.3, -0.25) is 4.79 Å². The summed E-state index contributed by atoms with van der Waals surface area (Å²) in [6.07, 6.45) is 6.75. The zero-order valence-corrected chi connectivity index (χ0v) is 15.8. The molecule has 0 N–H and O–H groups in total. The molecular weight excluding hydrogens is 352 g/mol. The molecule has 1 aromatic carbocycles. The molecule has 144 valence electrons. The monoisotopic (exact) mass is 376 g/mol. The number of carbonyl (C=O) groups is 1. The zero-order chi connectivity index (χ0) is 18.9. The SMILES string of the molecule is O=C(c1cnc2c(cnn2Cc2ccccc2)c1)N(CC1CCOC1)C1CC1. The molecule has 1 saturated heterocycles. The maximum Gasteiger partial charge on any atom is 0.255 e. The van der Waals surface area contributed by atoms with Gasteiger partial charge in [0.25, 0.3) is 5.91 Å². The van der Waals surface area contributed by atoms with Crippen LogP contribution in [0.4, 0.5) is 0 Å². The van der Waals surface area contributed by atoms with E-state index in [1.54, 1.807) is 12.4 Å². The van der Waals surface area contributed by atoms with Gasteiger partial charge in [0, 0.05) is 36.7 Å². The molecule has 2 aliphatic rings. The van der Waals surface area contributed by atoms with Crippen molar-refractivity contribution in [1.82, 2.24) is 19.7 Å². The normalized spacial score (nSPS) is 19.2. The average molecular weight is 376 g/mol. The van der Waals surface area contributed by atoms with Crippen LogP contribution in [0.15, 0.2) is 48.8 Å². The molecular formula is C22H24N4O2. The van der Waals surface area contributed by atoms with E-state index in [0.29, 0.717) is 24.1 Å². The standard InChI is InChI=1S/C22H24N4O2/c27-22(25(20-6-7-20)13-17-8-9-28-15-17)19-10-18-12-24-26(21(18)23-11-19)14-16-4-2-1-3-5-16/h1-5,10-12,17,20H,6-9,13-15H2. The summed E-state index contributed by atoms with van der Waals surface area (Å²) in [5.74, 6) is 0.537. The fourth-order valence-corrected chi connectivity index (χ4v) is 3.92. The Bertz CT molecular complexity index is 975. The van der Waals surface area contributed by atoms with Gasteiger partial charge in [-0.15, -0.1) is 0 Å². The quantitative estimate of drug-likeness (QED) is 0.663. The molecule has 3 heterocycles. The van der Waals surface area contributed by atoms with E-state index < -0.39 is 0 Å². The summed E-state index contributed by atoms with van der Waals surface area (Å²) in [6.45, 7) is 3.03. The second kappa shape index (κ2) is 7.36. The van der Waals surface area contributed by atoms with Gasteiger partial charge in [-0.25, -0.2) is 9.67 Å². The highest BCUT2D eigenvalue weighted by Crippen LogP contribution is 2.30. The molecule has 3 aromatic rings. The van der Waals surface area contributed by atoms with E-state index in [1.165, 1.54) is 5.56 Å². The van der Waals surface area contributed by atoms with Crippen LogP contribution in [0.5, 0.6) is 0 Å². The largest absolute Gasteiger partial charge is 0.381 e. The van der Waals surface area contributed by atoms with Crippen LogP contribution in [0.25, 0.3) is 11.0 Å². The minimum atomic E-state index is 0.0830. The molecule has 0 bridgehead atoms. The highest BCUT2D eigenvalue weighted by molar-refractivity contribution is 5.97. The third-order valence-electron chi connectivity index (χ3n) is 5.63. The van der Waals surface area contributed by atoms with Crippen LogP contribution >= 0.6 is 0 Å². The zero-order valence-electron chi connectivity index (χ0n) is 15.8. The molecule has 2 fully saturated rings. The smallest absolute Gasteiger partial charge is 0.255 e. The molecule has 28 heavy (non-hydrogen) atoms. The number of amides is 1. The fourth-order valence-electron chi connectivity index (χ4n) is 3.92. The van der Waals surface area contributed by atoms with Gasteiger partial charge < -0.3 is 9.64 Å². The summed E-state index contributed by atoms with van der Waals surface area (Å²) in [5.41, 5.74) is 2.63. The Morgan fingerprint density at radius 1 is 1.18 bits per heavy atom. The number of carbonyl (C=O) groups excluding carboxylic acids is 1. The van der Waals surface area contributed by atoms with Gasteiger partial charge in [0.1, 0.15) is 0 Å². The highest BCUT2D eigenvalue weighted by Gasteiger charge is 2.35. The number of hydrogen-bond acceptors (Lipinski definition) is 4. The Balaban J connectivity index is 1.37. The Morgan fingerprint density at radius 3 is 2.79 bits per heavy atom. The summed E-state index contributed by atoms with van der Waals surface area (Å²) >= 11 is 0. The number of fused-ring (bicyclic) bond motifs is 1. The second-order valence-electron chi connectivity index (χ2n) is 7.84. The van der Waals surface area contributed by atoms with Gasteiger partial charge in [0.15, 0.2) is 5.65 Å². The first-order chi connectivity index (χ1) is 13.8. The van der Waals surface area contributed by atoms with Gasteiger partial charge in [-0.1, -0.05) is 30.3 Å². The van der Waals surface area contributed by atoms with Crippen LogP contribution in [0.2, 0.25) is 0 Å². The first-order valence-electron chi connectivity index (χ1n) is 10.0. The van der Waals surface area contributed by atoms with E-state index >= 15 is 0 Å². The topological polar surface area (TPSA) is 60.2 Å². The summed E-state index contributed by atoms with van der Waals surface area (Å²) in [5, 5.41) is 5.38. The number of pyridine rings is 1. The third kappa shape index (κ3) is 3.52. The van der Waals surface area contributed by atoms with Crippen molar-refractivity contribution < 1.29 is 9.53 Å². The number of ether oxygens (including phenoxy) is 1. The molecule has 6 nitrogen and oxygen atoms in total. The molecule has 0 spiro atoms. The summed E-state index contributed by atoms with van der Waals surface area (Å²) < 4.78 is 7.37. The van der Waals surface area contributed by atoms with Crippen molar-refractivity contribution in [3.8, 4) is 0 Å². The van der Waals surface area contributed by atoms with Gasteiger partial charge >= 0.3 is 0 Å². The Morgan fingerprint density at radius 2 is 2.04 bits per heavy atom. The molecule has 0 radical (unpaired) electrons. The predicted octanol–water partition coefficient (Wildman–Crippen LogP) is 3.12. The van der Waals surface area contributed by atoms with Crippen LogP contribution in [0.1, 0.15) is 35.2 Å². The van der Waals surface area contributed by atoms with Crippen LogP contribution < -0.4 is 0 Å². The summed E-state index contributed by atoms with van der Waals surface area (Å²) in [6, 6.07) is 12.5. The van der Waals surface area contributed by atoms with E-state index in [-0.39, 0.29) is 5.91 Å². The number of aromatic nitrogens is 3. The molecule has 1 aliphatic carbocycles. The molecule has 1 atom stereocenters. The number of benzene rings is 1. The van der Waals surface area contributed by atoms with Crippen molar-refractivity contribution >= 4 is 16.9 Å². The average Bonchev–Trinajstić information content (AvgIpc) is 3.29. The van der Waals surface area contributed by atoms with Crippen LogP contribution in [-0.2, 0) is 11.3 Å². The maximum absolute atomic E-state index is 13.2. The lowest BCUT2D eigenvalue weighted by atomic mass is 10.1. The van der Waals surface area contributed by atoms with Crippen molar-refractivity contribution in [3.05, 3.63) is 59.9 Å². The first-order valence-corrected chi connectivity index (χ1v) is 10.0. The number of rotatable bonds is 6. The predicted molar refractivity (Wildman–Crippen MR) is 106 cm³/mol. The minimum absolute atomic E-state index is 0.0830. The first kappa shape index (κ1) is 17.4. The lowest BCUT2D eigenvalue weighted by Gasteiger charge is -2.25. The van der Waals surface area contributed by atoms with Crippen molar-refractivity contribution in [2.75, 3.05) is 19.8 Å². The van der Waals surface area contributed by atoms with E-state index in [9.17, 15) is 4.79 Å². The van der Waals surface area contributed by atoms with E-state index in [0.717, 1.165) is 50.1 Å². The molecule has 1 amide bonds. The van der Waals surface area contributed by atoms with Crippen molar-refractivity contribution in [1.29, 1.82) is 0 Å². The van der Waals surface area contributed by atoms with E-state index in [4.69, 9.17) is 4.74 Å². The van der Waals surface area contributed by atoms with Crippen molar-refractivity contribution in [3.63, 3.8) is 0 Å². The maximum atomic E-state index is 13.2. The third-order valence-corrected chi connectivity index (χ3v) is 5.63. The molecule has 1 saturated carbocycles. The molecule has 6 heteroatoms. The van der Waals surface area contributed by atoms with Crippen molar-refractivity contribution in [2.24, 2.45) is 5.92 Å². The Hall–Kier alpha value is -2.73. The van der Waals surface area contributed by atoms with Gasteiger partial charge in [-0.2, -0.15) is 5.10 Å². The summed E-state index contributed by atoms with van der Waals surface area (Å²) in [7, 11) is 0. The van der Waals surface area contributed by atoms with Gasteiger partial charge in [-0.05, 0) is 30.9 Å². The lowest BCUT2D eigenvalue weighted by Crippen LogP contribution is -2.37. The number of nitrogens with zero attached hydrogens (tertiary/aromatic N) is 4. The minimum Gasteiger partial charge on any atom is -0.381 e. The van der Waals surface area contributed by atoms with Crippen LogP contribution in [0, 0.1) is 5.92 Å². The molecule has 5 rings (SSSR count). The van der Waals surface area contributed by atoms with E-state index in [2.05, 4.69) is 22.2 Å². The Kier molecular flexibility index (Phi) is 4.56. The number of hydrogen-bond donors (Lipinski definition) is 0. The molecule has 1 unspecified atom stereocenters. The molecule has 2 aromatic heterocycles. The van der Waals surface area contributed by atoms with Crippen molar-refractivity contribution in [2.45, 2.75) is 31.8 Å².